The molecule has 10 heteroatoms. The highest BCUT2D eigenvalue weighted by Crippen LogP contribution is 2.42. The Bertz CT molecular complexity index is 1210. The number of nitrogens with zero attached hydrogens (tertiary/aromatic N) is 5. The zero-order chi connectivity index (χ0) is 22.4. The number of rotatable bonds is 3. The summed E-state index contributed by atoms with van der Waals surface area (Å²) in [6.45, 7) is 6.70. The minimum atomic E-state index is -1.12. The molecule has 0 radical (unpaired) electrons. The van der Waals surface area contributed by atoms with Crippen molar-refractivity contribution in [2.45, 2.75) is 32.5 Å². The van der Waals surface area contributed by atoms with Gasteiger partial charge in [-0.25, -0.2) is 14.3 Å². The van der Waals surface area contributed by atoms with E-state index in [1.165, 1.54) is 0 Å². The number of hydrogen-bond acceptors (Lipinski definition) is 8. The summed E-state index contributed by atoms with van der Waals surface area (Å²) < 4.78 is 7.31. The normalized spacial score (nSPS) is 20.4. The number of primary amides is 1. The molecule has 0 bridgehead atoms. The summed E-state index contributed by atoms with van der Waals surface area (Å²) in [4.78, 5) is 32.3. The molecule has 3 aromatic heterocycles. The molecule has 2 aliphatic heterocycles. The number of fused-ring (bicyclic) bond motifs is 2. The second-order valence-corrected chi connectivity index (χ2v) is 8.27. The molecule has 5 rings (SSSR count). The van der Waals surface area contributed by atoms with E-state index < -0.39 is 18.1 Å². The van der Waals surface area contributed by atoms with Gasteiger partial charge in [-0.15, -0.1) is 0 Å². The molecule has 166 valence electrons. The van der Waals surface area contributed by atoms with Crippen LogP contribution in [0, 0.1) is 6.92 Å². The Morgan fingerprint density at radius 1 is 1.28 bits per heavy atom. The molecule has 3 aromatic rings. The molecule has 1 fully saturated rings. The fourth-order valence-corrected chi connectivity index (χ4v) is 4.55. The van der Waals surface area contributed by atoms with Crippen molar-refractivity contribution in [3.8, 4) is 0 Å². The zero-order valence-corrected chi connectivity index (χ0v) is 18.0. The maximum absolute atomic E-state index is 12.1. The van der Waals surface area contributed by atoms with Gasteiger partial charge in [-0.1, -0.05) is 0 Å². The van der Waals surface area contributed by atoms with Gasteiger partial charge in [0.2, 0.25) is 0 Å². The van der Waals surface area contributed by atoms with E-state index in [1.807, 2.05) is 42.3 Å². The lowest BCUT2D eigenvalue weighted by atomic mass is 10.1. The second kappa shape index (κ2) is 7.79. The summed E-state index contributed by atoms with van der Waals surface area (Å²) in [6, 6.07) is 8.18. The van der Waals surface area contributed by atoms with E-state index in [2.05, 4.69) is 27.2 Å². The molecule has 0 spiro atoms. The van der Waals surface area contributed by atoms with E-state index in [4.69, 9.17) is 10.5 Å². The number of aromatic nitrogens is 3. The van der Waals surface area contributed by atoms with Gasteiger partial charge < -0.3 is 20.7 Å². The Balaban J connectivity index is 1.58. The molecule has 1 amide bonds. The summed E-state index contributed by atoms with van der Waals surface area (Å²) in [7, 11) is 0. The molecule has 0 saturated carbocycles. The Morgan fingerprint density at radius 2 is 2.12 bits per heavy atom. The van der Waals surface area contributed by atoms with Crippen LogP contribution in [-0.4, -0.2) is 58.4 Å². The molecule has 0 aliphatic carbocycles. The predicted octanol–water partition coefficient (Wildman–Crippen LogP) is 0.885. The van der Waals surface area contributed by atoms with Crippen LogP contribution in [-0.2, 0) is 20.7 Å². The third kappa shape index (κ3) is 3.52. The highest BCUT2D eigenvalue weighted by molar-refractivity contribution is 6.31. The van der Waals surface area contributed by atoms with Gasteiger partial charge in [-0.3, -0.25) is 9.69 Å². The first-order valence-electron chi connectivity index (χ1n) is 10.6. The fraction of sp³-hybridized carbons (Fsp3) is 0.364. The molecule has 10 nitrogen and oxygen atoms in total. The van der Waals surface area contributed by atoms with Crippen molar-refractivity contribution >= 4 is 34.6 Å². The number of amides is 1. The number of hydrogen-bond donors (Lipinski definition) is 2. The highest BCUT2D eigenvalue weighted by Gasteiger charge is 2.38. The lowest BCUT2D eigenvalue weighted by Gasteiger charge is -2.34. The zero-order valence-electron chi connectivity index (χ0n) is 18.0. The third-order valence-corrected chi connectivity index (χ3v) is 5.90. The number of carbonyl (C=O) groups is 2. The molecule has 2 aliphatic rings. The van der Waals surface area contributed by atoms with E-state index in [-0.39, 0.29) is 0 Å². The maximum Gasteiger partial charge on any atom is 0.398 e. The van der Waals surface area contributed by atoms with Crippen molar-refractivity contribution in [2.24, 2.45) is 5.73 Å². The van der Waals surface area contributed by atoms with Crippen molar-refractivity contribution in [2.75, 3.05) is 29.4 Å². The number of pyridine rings is 2. The Labute approximate surface area is 184 Å². The van der Waals surface area contributed by atoms with E-state index in [1.54, 1.807) is 10.7 Å². The number of nitrogens with two attached hydrogens (primary N) is 1. The standard InChI is InChI=1S/C22H25N7O3/c1-13-9-16-10-15(4-7-28(16)26-13)29-19(32-22(31)20(23)30)11-17-18(3-5-25-21(17)29)27-8-6-24-14(2)12-27/h3-5,7,9-10,14,19,24H,6,8,11-12H2,1-2H3,(H2,23,30)/t14-,19?/m0/s1. The van der Waals surface area contributed by atoms with Crippen molar-refractivity contribution in [1.29, 1.82) is 0 Å². The van der Waals surface area contributed by atoms with Crippen molar-refractivity contribution in [3.05, 3.63) is 47.9 Å². The lowest BCUT2D eigenvalue weighted by Crippen LogP contribution is -2.49. The number of carbonyl (C=O) groups excluding carboxylic acids is 2. The van der Waals surface area contributed by atoms with Crippen LogP contribution in [0.15, 0.2) is 36.7 Å². The fourth-order valence-electron chi connectivity index (χ4n) is 4.55. The van der Waals surface area contributed by atoms with Crippen LogP contribution >= 0.6 is 0 Å². The summed E-state index contributed by atoms with van der Waals surface area (Å²) >= 11 is 0. The van der Waals surface area contributed by atoms with E-state index in [9.17, 15) is 9.59 Å². The van der Waals surface area contributed by atoms with Crippen LogP contribution in [0.3, 0.4) is 0 Å². The van der Waals surface area contributed by atoms with Crippen LogP contribution in [0.4, 0.5) is 17.2 Å². The number of ether oxygens (including phenoxy) is 1. The monoisotopic (exact) mass is 435 g/mol. The van der Waals surface area contributed by atoms with E-state index in [0.717, 1.165) is 47.8 Å². The van der Waals surface area contributed by atoms with Crippen LogP contribution in [0.1, 0.15) is 18.2 Å². The number of anilines is 3. The number of piperazine rings is 1. The minimum Gasteiger partial charge on any atom is -0.434 e. The molecular formula is C22H25N7O3. The summed E-state index contributed by atoms with van der Waals surface area (Å²) in [5.74, 6) is -1.48. The molecule has 3 N–H and O–H groups in total. The van der Waals surface area contributed by atoms with Gasteiger partial charge in [0, 0.05) is 61.4 Å². The average molecular weight is 435 g/mol. The Hall–Kier alpha value is -3.66. The third-order valence-electron chi connectivity index (χ3n) is 5.90. The SMILES string of the molecule is Cc1cc2cc(N3c4nccc(N5CCN[C@@H](C)C5)c4CC3OC(=O)C(N)=O)ccn2n1. The van der Waals surface area contributed by atoms with Crippen LogP contribution in [0.2, 0.25) is 0 Å². The van der Waals surface area contributed by atoms with Crippen molar-refractivity contribution in [1.82, 2.24) is 19.9 Å². The van der Waals surface area contributed by atoms with Crippen molar-refractivity contribution in [3.63, 3.8) is 0 Å². The summed E-state index contributed by atoms with van der Waals surface area (Å²) in [6.07, 6.45) is 3.29. The quantitative estimate of drug-likeness (QED) is 0.460. The summed E-state index contributed by atoms with van der Waals surface area (Å²) in [5.41, 5.74) is 9.80. The van der Waals surface area contributed by atoms with Crippen LogP contribution in [0.5, 0.6) is 0 Å². The van der Waals surface area contributed by atoms with E-state index >= 15 is 0 Å². The van der Waals surface area contributed by atoms with Gasteiger partial charge in [0.1, 0.15) is 5.82 Å². The van der Waals surface area contributed by atoms with Gasteiger partial charge in [-0.2, -0.15) is 5.10 Å². The highest BCUT2D eigenvalue weighted by atomic mass is 16.6. The first-order chi connectivity index (χ1) is 15.4. The molecular weight excluding hydrogens is 410 g/mol. The molecule has 5 heterocycles. The van der Waals surface area contributed by atoms with Gasteiger partial charge in [0.15, 0.2) is 6.23 Å². The second-order valence-electron chi connectivity index (χ2n) is 8.27. The van der Waals surface area contributed by atoms with Gasteiger partial charge in [-0.05, 0) is 38.1 Å². The van der Waals surface area contributed by atoms with Crippen molar-refractivity contribution < 1.29 is 14.3 Å². The summed E-state index contributed by atoms with van der Waals surface area (Å²) in [5, 5.41) is 7.88. The number of nitrogens with one attached hydrogen (secondary N) is 1. The smallest absolute Gasteiger partial charge is 0.398 e. The largest absolute Gasteiger partial charge is 0.434 e. The van der Waals surface area contributed by atoms with E-state index in [0.29, 0.717) is 18.3 Å². The van der Waals surface area contributed by atoms with Gasteiger partial charge in [0.25, 0.3) is 0 Å². The first kappa shape index (κ1) is 20.3. The van der Waals surface area contributed by atoms with Crippen LogP contribution < -0.4 is 20.9 Å². The Morgan fingerprint density at radius 3 is 2.91 bits per heavy atom. The number of esters is 1. The molecule has 2 atom stereocenters. The van der Waals surface area contributed by atoms with Crippen LogP contribution in [0.25, 0.3) is 5.52 Å². The first-order valence-corrected chi connectivity index (χ1v) is 10.6. The molecule has 32 heavy (non-hydrogen) atoms. The maximum atomic E-state index is 12.1. The Kier molecular flexibility index (Phi) is 4.93. The predicted molar refractivity (Wildman–Crippen MR) is 119 cm³/mol. The average Bonchev–Trinajstić information content (AvgIpc) is 3.31. The number of aryl methyl sites for hydroxylation is 1. The van der Waals surface area contributed by atoms with Gasteiger partial charge >= 0.3 is 11.9 Å². The molecule has 1 saturated heterocycles. The topological polar surface area (TPSA) is 118 Å². The molecule has 0 aromatic carbocycles. The lowest BCUT2D eigenvalue weighted by molar-refractivity contribution is -0.157. The minimum absolute atomic E-state index is 0.362. The molecule has 1 unspecified atom stereocenters. The van der Waals surface area contributed by atoms with Gasteiger partial charge in [0.05, 0.1) is 11.2 Å².